The predicted octanol–water partition coefficient (Wildman–Crippen LogP) is 2.33. The number of benzene rings is 2. The van der Waals surface area contributed by atoms with Crippen molar-refractivity contribution in [2.45, 2.75) is 19.0 Å². The summed E-state index contributed by atoms with van der Waals surface area (Å²) in [4.78, 5) is 18.8. The number of nitrogens with one attached hydrogen (secondary N) is 1. The maximum absolute atomic E-state index is 12.1. The first-order chi connectivity index (χ1) is 12.8. The second kappa shape index (κ2) is 7.49. The summed E-state index contributed by atoms with van der Waals surface area (Å²) >= 11 is 0. The van der Waals surface area contributed by atoms with Gasteiger partial charge in [0.05, 0.1) is 12.2 Å². The van der Waals surface area contributed by atoms with E-state index in [1.54, 1.807) is 11.0 Å². The van der Waals surface area contributed by atoms with Crippen molar-refractivity contribution >= 4 is 5.91 Å². The van der Waals surface area contributed by atoms with Crippen molar-refractivity contribution in [1.29, 1.82) is 0 Å². The van der Waals surface area contributed by atoms with E-state index < -0.39 is 0 Å². The van der Waals surface area contributed by atoms with Crippen LogP contribution in [0.1, 0.15) is 23.9 Å². The third-order valence-electron chi connectivity index (χ3n) is 4.63. The Balaban J connectivity index is 1.57. The van der Waals surface area contributed by atoms with Crippen molar-refractivity contribution in [2.24, 2.45) is 0 Å². The Morgan fingerprint density at radius 1 is 1.04 bits per heavy atom. The molecule has 1 aromatic heterocycles. The number of hydrogen-bond donors (Lipinski definition) is 1. The van der Waals surface area contributed by atoms with Gasteiger partial charge >= 0.3 is 0 Å². The normalized spacial score (nSPS) is 18.3. The van der Waals surface area contributed by atoms with Gasteiger partial charge in [-0.1, -0.05) is 48.5 Å². The van der Waals surface area contributed by atoms with Crippen LogP contribution in [0, 0.1) is 0 Å². The van der Waals surface area contributed by atoms with Crippen molar-refractivity contribution in [3.63, 3.8) is 0 Å². The molecule has 0 spiro atoms. The molecule has 0 radical (unpaired) electrons. The van der Waals surface area contributed by atoms with E-state index in [0.29, 0.717) is 19.5 Å². The van der Waals surface area contributed by atoms with Gasteiger partial charge in [0.25, 0.3) is 0 Å². The molecule has 26 heavy (non-hydrogen) atoms. The van der Waals surface area contributed by atoms with E-state index in [1.807, 2.05) is 48.5 Å². The zero-order valence-corrected chi connectivity index (χ0v) is 14.5. The lowest BCUT2D eigenvalue weighted by atomic mass is 10.0. The zero-order chi connectivity index (χ0) is 17.8. The van der Waals surface area contributed by atoms with E-state index >= 15 is 0 Å². The second-order valence-corrected chi connectivity index (χ2v) is 6.39. The molecule has 0 aliphatic carbocycles. The molecule has 4 rings (SSSR count). The fourth-order valence-corrected chi connectivity index (χ4v) is 3.32. The van der Waals surface area contributed by atoms with Gasteiger partial charge in [-0.25, -0.2) is 9.67 Å². The number of carbonyl (C=O) groups excluding carboxylic acids is 1. The molecule has 3 aromatic rings. The summed E-state index contributed by atoms with van der Waals surface area (Å²) in [6.07, 6.45) is 2.19. The zero-order valence-electron chi connectivity index (χ0n) is 14.5. The fourth-order valence-electron chi connectivity index (χ4n) is 3.32. The van der Waals surface area contributed by atoms with Crippen LogP contribution >= 0.6 is 0 Å². The van der Waals surface area contributed by atoms with Crippen molar-refractivity contribution in [3.8, 4) is 5.69 Å². The maximum Gasteiger partial charge on any atom is 0.221 e. The topological polar surface area (TPSA) is 63.1 Å². The molecule has 1 aliphatic heterocycles. The largest absolute Gasteiger partial charge is 0.355 e. The van der Waals surface area contributed by atoms with Crippen LogP contribution in [0.4, 0.5) is 0 Å². The summed E-state index contributed by atoms with van der Waals surface area (Å²) in [5.41, 5.74) is 2.13. The van der Waals surface area contributed by atoms with Crippen LogP contribution in [0.5, 0.6) is 0 Å². The Bertz CT molecular complexity index is 862. The van der Waals surface area contributed by atoms with Gasteiger partial charge in [0.15, 0.2) is 5.82 Å². The first kappa shape index (κ1) is 16.5. The lowest BCUT2D eigenvalue weighted by Gasteiger charge is -2.28. The lowest BCUT2D eigenvalue weighted by molar-refractivity contribution is -0.121. The quantitative estimate of drug-likeness (QED) is 0.787. The number of para-hydroxylation sites is 1. The minimum absolute atomic E-state index is 0.0300. The Labute approximate surface area is 152 Å². The number of aromatic nitrogens is 3. The van der Waals surface area contributed by atoms with E-state index in [1.165, 1.54) is 0 Å². The van der Waals surface area contributed by atoms with E-state index in [9.17, 15) is 4.79 Å². The van der Waals surface area contributed by atoms with Crippen LogP contribution in [0.3, 0.4) is 0 Å². The SMILES string of the molecule is O=C1CC(c2ccccc2)N(Cc2ncn(-c3ccccc3)n2)CCN1. The smallest absolute Gasteiger partial charge is 0.221 e. The molecule has 1 aliphatic rings. The van der Waals surface area contributed by atoms with E-state index in [4.69, 9.17) is 0 Å². The molecule has 0 bridgehead atoms. The molecule has 0 saturated carbocycles. The number of hydrogen-bond acceptors (Lipinski definition) is 4. The average Bonchev–Trinajstić information content (AvgIpc) is 3.07. The standard InChI is InChI=1S/C20H21N5O/c26-20-13-18(16-7-3-1-4-8-16)24(12-11-21-20)14-19-22-15-25(23-19)17-9-5-2-6-10-17/h1-10,15,18H,11-14H2,(H,21,26). The maximum atomic E-state index is 12.1. The summed E-state index contributed by atoms with van der Waals surface area (Å²) in [7, 11) is 0. The minimum Gasteiger partial charge on any atom is -0.355 e. The molecular formula is C20H21N5O. The molecule has 1 unspecified atom stereocenters. The third-order valence-corrected chi connectivity index (χ3v) is 4.63. The summed E-state index contributed by atoms with van der Waals surface area (Å²) in [5.74, 6) is 0.841. The second-order valence-electron chi connectivity index (χ2n) is 6.39. The van der Waals surface area contributed by atoms with E-state index in [0.717, 1.165) is 23.6 Å². The van der Waals surface area contributed by atoms with Gasteiger partial charge in [-0.05, 0) is 17.7 Å². The lowest BCUT2D eigenvalue weighted by Crippen LogP contribution is -2.31. The molecule has 1 saturated heterocycles. The third kappa shape index (κ3) is 3.65. The molecule has 1 N–H and O–H groups in total. The van der Waals surface area contributed by atoms with Gasteiger partial charge in [-0.2, -0.15) is 0 Å². The highest BCUT2D eigenvalue weighted by atomic mass is 16.1. The van der Waals surface area contributed by atoms with Crippen LogP contribution < -0.4 is 5.32 Å². The highest BCUT2D eigenvalue weighted by Crippen LogP contribution is 2.26. The predicted molar refractivity (Wildman–Crippen MR) is 98.6 cm³/mol. The monoisotopic (exact) mass is 347 g/mol. The molecule has 2 aromatic carbocycles. The fraction of sp³-hybridized carbons (Fsp3) is 0.250. The molecule has 6 nitrogen and oxygen atoms in total. The van der Waals surface area contributed by atoms with E-state index in [-0.39, 0.29) is 11.9 Å². The Kier molecular flexibility index (Phi) is 4.75. The van der Waals surface area contributed by atoms with Gasteiger partial charge in [0.2, 0.25) is 5.91 Å². The number of carbonyl (C=O) groups is 1. The minimum atomic E-state index is 0.0300. The number of nitrogens with zero attached hydrogens (tertiary/aromatic N) is 4. The first-order valence-corrected chi connectivity index (χ1v) is 8.81. The highest BCUT2D eigenvalue weighted by molar-refractivity contribution is 5.77. The molecular weight excluding hydrogens is 326 g/mol. The van der Waals surface area contributed by atoms with Crippen LogP contribution in [-0.4, -0.2) is 38.7 Å². The van der Waals surface area contributed by atoms with Crippen LogP contribution in [-0.2, 0) is 11.3 Å². The van der Waals surface area contributed by atoms with Gasteiger partial charge in [-0.3, -0.25) is 9.69 Å². The van der Waals surface area contributed by atoms with Gasteiger partial charge in [-0.15, -0.1) is 5.10 Å². The number of rotatable bonds is 4. The van der Waals surface area contributed by atoms with Gasteiger partial charge in [0.1, 0.15) is 6.33 Å². The number of amides is 1. The van der Waals surface area contributed by atoms with Crippen molar-refractivity contribution < 1.29 is 4.79 Å². The Hall–Kier alpha value is -2.99. The van der Waals surface area contributed by atoms with Gasteiger partial charge < -0.3 is 5.32 Å². The molecule has 2 heterocycles. The molecule has 1 atom stereocenters. The molecule has 132 valence electrons. The highest BCUT2D eigenvalue weighted by Gasteiger charge is 2.27. The molecule has 1 fully saturated rings. The molecule has 6 heteroatoms. The van der Waals surface area contributed by atoms with Crippen LogP contribution in [0.15, 0.2) is 67.0 Å². The average molecular weight is 347 g/mol. The van der Waals surface area contributed by atoms with Crippen LogP contribution in [0.25, 0.3) is 5.69 Å². The van der Waals surface area contributed by atoms with E-state index in [2.05, 4.69) is 32.4 Å². The summed E-state index contributed by atoms with van der Waals surface area (Å²) in [5, 5.41) is 7.58. The van der Waals surface area contributed by atoms with Crippen molar-refractivity contribution in [3.05, 3.63) is 78.4 Å². The summed E-state index contributed by atoms with van der Waals surface area (Å²) < 4.78 is 1.79. The molecule has 1 amide bonds. The summed E-state index contributed by atoms with van der Waals surface area (Å²) in [6, 6.07) is 20.1. The van der Waals surface area contributed by atoms with Crippen LogP contribution in [0.2, 0.25) is 0 Å². The van der Waals surface area contributed by atoms with Crippen molar-refractivity contribution in [2.75, 3.05) is 13.1 Å². The Morgan fingerprint density at radius 3 is 2.54 bits per heavy atom. The van der Waals surface area contributed by atoms with Crippen molar-refractivity contribution in [1.82, 2.24) is 25.0 Å². The van der Waals surface area contributed by atoms with Gasteiger partial charge in [0, 0.05) is 25.6 Å². The summed E-state index contributed by atoms with van der Waals surface area (Å²) in [6.45, 7) is 2.01. The Morgan fingerprint density at radius 2 is 1.77 bits per heavy atom. The first-order valence-electron chi connectivity index (χ1n) is 8.81.